The Morgan fingerprint density at radius 3 is 2.69 bits per heavy atom. The second-order valence-corrected chi connectivity index (χ2v) is 7.95. The lowest BCUT2D eigenvalue weighted by Gasteiger charge is -2.27. The van der Waals surface area contributed by atoms with Crippen LogP contribution in [0.4, 0.5) is 0 Å². The first-order valence-electron chi connectivity index (χ1n) is 9.68. The van der Waals surface area contributed by atoms with Crippen molar-refractivity contribution in [1.29, 1.82) is 0 Å². The number of hydrogen-bond acceptors (Lipinski definition) is 4. The van der Waals surface area contributed by atoms with Gasteiger partial charge in [-0.2, -0.15) is 0 Å². The fourth-order valence-electron chi connectivity index (χ4n) is 4.05. The van der Waals surface area contributed by atoms with Gasteiger partial charge in [-0.15, -0.1) is 0 Å². The van der Waals surface area contributed by atoms with Gasteiger partial charge in [0.05, 0.1) is 17.7 Å². The molecule has 0 aliphatic carbocycles. The van der Waals surface area contributed by atoms with E-state index in [9.17, 15) is 14.7 Å². The predicted molar refractivity (Wildman–Crippen MR) is 111 cm³/mol. The van der Waals surface area contributed by atoms with Crippen molar-refractivity contribution in [2.45, 2.75) is 31.9 Å². The average Bonchev–Trinajstić information content (AvgIpc) is 3.30. The summed E-state index contributed by atoms with van der Waals surface area (Å²) in [4.78, 5) is 27.4. The Labute approximate surface area is 174 Å². The van der Waals surface area contributed by atoms with Crippen molar-refractivity contribution in [3.63, 3.8) is 0 Å². The van der Waals surface area contributed by atoms with Crippen LogP contribution in [0.3, 0.4) is 0 Å². The number of amides is 1. The standard InChI is InChI=1S/C23H22ClNO4/c1-14-5-2-6-15(11-14)20-19(21(26)16-7-3-8-17(24)12-16)22(27)23(28)25(20)13-18-9-4-10-29-18/h2-3,5-8,11-12,18,20,26H,4,9-10,13H2,1H3/b21-19-. The van der Waals surface area contributed by atoms with E-state index in [4.69, 9.17) is 16.3 Å². The number of carbonyl (C=O) groups excluding carboxylic acids is 2. The number of halogens is 1. The first-order chi connectivity index (χ1) is 14.0. The van der Waals surface area contributed by atoms with Crippen LogP contribution in [0.15, 0.2) is 54.1 Å². The molecule has 2 unspecified atom stereocenters. The van der Waals surface area contributed by atoms with E-state index in [-0.39, 0.29) is 17.4 Å². The Balaban J connectivity index is 1.84. The van der Waals surface area contributed by atoms with E-state index in [1.165, 1.54) is 4.90 Å². The van der Waals surface area contributed by atoms with Gasteiger partial charge in [0.25, 0.3) is 11.7 Å². The van der Waals surface area contributed by atoms with E-state index in [2.05, 4.69) is 0 Å². The summed E-state index contributed by atoms with van der Waals surface area (Å²) in [6, 6.07) is 13.6. The Morgan fingerprint density at radius 2 is 2.00 bits per heavy atom. The maximum absolute atomic E-state index is 13.0. The number of likely N-dealkylation sites (tertiary alicyclic amines) is 1. The molecule has 150 valence electrons. The van der Waals surface area contributed by atoms with Gasteiger partial charge in [0, 0.05) is 23.7 Å². The first kappa shape index (κ1) is 19.7. The fraction of sp³-hybridized carbons (Fsp3) is 0.304. The maximum Gasteiger partial charge on any atom is 0.295 e. The lowest BCUT2D eigenvalue weighted by molar-refractivity contribution is -0.140. The molecule has 0 aromatic heterocycles. The lowest BCUT2D eigenvalue weighted by Crippen LogP contribution is -2.36. The largest absolute Gasteiger partial charge is 0.507 e. The molecule has 0 spiro atoms. The van der Waals surface area contributed by atoms with Crippen molar-refractivity contribution in [1.82, 2.24) is 4.90 Å². The van der Waals surface area contributed by atoms with Crippen LogP contribution in [0.25, 0.3) is 5.76 Å². The Morgan fingerprint density at radius 1 is 1.21 bits per heavy atom. The van der Waals surface area contributed by atoms with Crippen LogP contribution in [-0.4, -0.2) is 41.0 Å². The van der Waals surface area contributed by atoms with Gasteiger partial charge >= 0.3 is 0 Å². The molecule has 6 heteroatoms. The molecule has 1 N–H and O–H groups in total. The molecular formula is C23H22ClNO4. The SMILES string of the molecule is Cc1cccc(C2/C(=C(/O)c3cccc(Cl)c3)C(=O)C(=O)N2CC2CCCO2)c1. The number of rotatable bonds is 4. The second-order valence-electron chi connectivity index (χ2n) is 7.51. The minimum absolute atomic E-state index is 0.0841. The highest BCUT2D eigenvalue weighted by atomic mass is 35.5. The van der Waals surface area contributed by atoms with Gasteiger partial charge in [-0.1, -0.05) is 53.6 Å². The number of aliphatic hydroxyl groups excluding tert-OH is 1. The molecule has 2 aromatic carbocycles. The van der Waals surface area contributed by atoms with Crippen LogP contribution in [-0.2, 0) is 14.3 Å². The molecule has 2 saturated heterocycles. The number of aliphatic hydroxyl groups is 1. The molecule has 1 amide bonds. The molecular weight excluding hydrogens is 390 g/mol. The molecule has 4 rings (SSSR count). The molecule has 29 heavy (non-hydrogen) atoms. The summed E-state index contributed by atoms with van der Waals surface area (Å²) in [5, 5.41) is 11.4. The number of ether oxygens (including phenoxy) is 1. The van der Waals surface area contributed by atoms with E-state index >= 15 is 0 Å². The molecule has 0 radical (unpaired) electrons. The summed E-state index contributed by atoms with van der Waals surface area (Å²) in [5.41, 5.74) is 2.28. The second kappa shape index (κ2) is 8.01. The molecule has 0 bridgehead atoms. The van der Waals surface area contributed by atoms with Gasteiger partial charge < -0.3 is 14.7 Å². The van der Waals surface area contributed by atoms with Crippen LogP contribution in [0.2, 0.25) is 5.02 Å². The van der Waals surface area contributed by atoms with Crippen molar-refractivity contribution in [2.75, 3.05) is 13.2 Å². The summed E-state index contributed by atoms with van der Waals surface area (Å²) in [5.74, 6) is -1.52. The van der Waals surface area contributed by atoms with E-state index in [0.29, 0.717) is 23.7 Å². The third-order valence-corrected chi connectivity index (χ3v) is 5.66. The molecule has 2 atom stereocenters. The molecule has 2 aliphatic rings. The number of carbonyl (C=O) groups is 2. The van der Waals surface area contributed by atoms with Crippen LogP contribution in [0.5, 0.6) is 0 Å². The van der Waals surface area contributed by atoms with Gasteiger partial charge in [-0.3, -0.25) is 9.59 Å². The molecule has 2 heterocycles. The summed E-state index contributed by atoms with van der Waals surface area (Å²) in [6.07, 6.45) is 1.68. The topological polar surface area (TPSA) is 66.8 Å². The number of nitrogens with zero attached hydrogens (tertiary/aromatic N) is 1. The van der Waals surface area contributed by atoms with Gasteiger partial charge in [-0.25, -0.2) is 0 Å². The molecule has 2 aliphatic heterocycles. The highest BCUT2D eigenvalue weighted by molar-refractivity contribution is 6.46. The number of hydrogen-bond donors (Lipinski definition) is 1. The third kappa shape index (κ3) is 3.80. The number of benzene rings is 2. The van der Waals surface area contributed by atoms with E-state index in [1.807, 2.05) is 31.2 Å². The monoisotopic (exact) mass is 411 g/mol. The van der Waals surface area contributed by atoms with Crippen LogP contribution < -0.4 is 0 Å². The quantitative estimate of drug-likeness (QED) is 0.464. The zero-order chi connectivity index (χ0) is 20.5. The summed E-state index contributed by atoms with van der Waals surface area (Å²) < 4.78 is 5.70. The zero-order valence-corrected chi connectivity index (χ0v) is 16.9. The van der Waals surface area contributed by atoms with E-state index in [0.717, 1.165) is 24.0 Å². The normalized spacial score (nSPS) is 23.7. The molecule has 2 fully saturated rings. The lowest BCUT2D eigenvalue weighted by atomic mass is 9.94. The molecule has 2 aromatic rings. The molecule has 5 nitrogen and oxygen atoms in total. The van der Waals surface area contributed by atoms with E-state index < -0.39 is 17.7 Å². The van der Waals surface area contributed by atoms with Crippen molar-refractivity contribution in [2.24, 2.45) is 0 Å². The van der Waals surface area contributed by atoms with E-state index in [1.54, 1.807) is 24.3 Å². The fourth-order valence-corrected chi connectivity index (χ4v) is 4.24. The highest BCUT2D eigenvalue weighted by Gasteiger charge is 2.47. The highest BCUT2D eigenvalue weighted by Crippen LogP contribution is 2.40. The minimum Gasteiger partial charge on any atom is -0.507 e. The van der Waals surface area contributed by atoms with Crippen LogP contribution >= 0.6 is 11.6 Å². The van der Waals surface area contributed by atoms with Crippen LogP contribution in [0.1, 0.15) is 35.6 Å². The minimum atomic E-state index is -0.688. The van der Waals surface area contributed by atoms with Gasteiger partial charge in [0.15, 0.2) is 0 Å². The van der Waals surface area contributed by atoms with Crippen molar-refractivity contribution >= 4 is 29.1 Å². The van der Waals surface area contributed by atoms with Gasteiger partial charge in [-0.05, 0) is 37.5 Å². The van der Waals surface area contributed by atoms with Crippen molar-refractivity contribution < 1.29 is 19.4 Å². The Bertz CT molecular complexity index is 994. The predicted octanol–water partition coefficient (Wildman–Crippen LogP) is 4.25. The number of aryl methyl sites for hydroxylation is 1. The van der Waals surface area contributed by atoms with Gasteiger partial charge in [0.2, 0.25) is 0 Å². The summed E-state index contributed by atoms with van der Waals surface area (Å²) in [6.45, 7) is 2.93. The Kier molecular flexibility index (Phi) is 5.43. The maximum atomic E-state index is 13.0. The average molecular weight is 412 g/mol. The summed E-state index contributed by atoms with van der Waals surface area (Å²) >= 11 is 6.06. The first-order valence-corrected chi connectivity index (χ1v) is 10.1. The Hall–Kier alpha value is -2.63. The van der Waals surface area contributed by atoms with Gasteiger partial charge in [0.1, 0.15) is 5.76 Å². The third-order valence-electron chi connectivity index (χ3n) is 5.42. The summed E-state index contributed by atoms with van der Waals surface area (Å²) in [7, 11) is 0. The van der Waals surface area contributed by atoms with Crippen molar-refractivity contribution in [3.8, 4) is 0 Å². The zero-order valence-electron chi connectivity index (χ0n) is 16.1. The molecule has 0 saturated carbocycles. The smallest absolute Gasteiger partial charge is 0.295 e. The van der Waals surface area contributed by atoms with Crippen LogP contribution in [0, 0.1) is 6.92 Å². The number of Topliss-reactive ketones (excluding diaryl/α,β-unsaturated/α-hetero) is 1. The number of ketones is 1. The van der Waals surface area contributed by atoms with Crippen molar-refractivity contribution in [3.05, 3.63) is 75.8 Å².